The Hall–Kier alpha value is 0. The molecule has 0 saturated heterocycles. The standard InChI is InChI=1S/C14H27N3.HI/c1-3-9-16-14(15-4-2)17-10-13(11-5-6-11)12-7-8-12;/h11-13H,3-10H2,1-2H3,(H2,15,16,17);1H. The van der Waals surface area contributed by atoms with Crippen LogP contribution in [0.1, 0.15) is 46.0 Å². The highest BCUT2D eigenvalue weighted by Gasteiger charge is 2.41. The molecule has 0 aromatic carbocycles. The zero-order valence-electron chi connectivity index (χ0n) is 11.7. The molecule has 0 radical (unpaired) electrons. The minimum Gasteiger partial charge on any atom is -0.357 e. The van der Waals surface area contributed by atoms with Crippen molar-refractivity contribution >= 4 is 29.9 Å². The monoisotopic (exact) mass is 365 g/mol. The third-order valence-corrected chi connectivity index (χ3v) is 3.80. The van der Waals surface area contributed by atoms with Gasteiger partial charge < -0.3 is 10.6 Å². The smallest absolute Gasteiger partial charge is 0.191 e. The van der Waals surface area contributed by atoms with E-state index in [4.69, 9.17) is 4.99 Å². The van der Waals surface area contributed by atoms with Crippen molar-refractivity contribution in [1.82, 2.24) is 10.6 Å². The fourth-order valence-corrected chi connectivity index (χ4v) is 2.51. The van der Waals surface area contributed by atoms with Gasteiger partial charge >= 0.3 is 0 Å². The first-order valence-corrected chi connectivity index (χ1v) is 7.37. The average Bonchev–Trinajstić information content (AvgIpc) is 3.16. The van der Waals surface area contributed by atoms with Crippen LogP contribution in [0.5, 0.6) is 0 Å². The number of rotatable bonds is 7. The fourth-order valence-electron chi connectivity index (χ4n) is 2.51. The second-order valence-corrected chi connectivity index (χ2v) is 5.49. The Morgan fingerprint density at radius 1 is 1.11 bits per heavy atom. The van der Waals surface area contributed by atoms with Gasteiger partial charge in [0.05, 0.1) is 0 Å². The van der Waals surface area contributed by atoms with Crippen molar-refractivity contribution in [2.24, 2.45) is 22.7 Å². The number of aliphatic imine (C=N–C) groups is 1. The third kappa shape index (κ3) is 5.33. The Morgan fingerprint density at radius 3 is 2.17 bits per heavy atom. The molecule has 2 N–H and O–H groups in total. The SMILES string of the molecule is CCCNC(=NCC(C1CC1)C1CC1)NCC.I. The zero-order valence-corrected chi connectivity index (χ0v) is 14.1. The molecule has 0 aromatic rings. The molecule has 2 rings (SSSR count). The van der Waals surface area contributed by atoms with Crippen molar-refractivity contribution < 1.29 is 0 Å². The van der Waals surface area contributed by atoms with Crippen LogP contribution in [0.25, 0.3) is 0 Å². The van der Waals surface area contributed by atoms with Crippen LogP contribution < -0.4 is 10.6 Å². The summed E-state index contributed by atoms with van der Waals surface area (Å²) < 4.78 is 0. The van der Waals surface area contributed by atoms with Gasteiger partial charge in [-0.3, -0.25) is 4.99 Å². The number of halogens is 1. The second kappa shape index (κ2) is 8.23. The molecule has 18 heavy (non-hydrogen) atoms. The van der Waals surface area contributed by atoms with Crippen molar-refractivity contribution in [3.63, 3.8) is 0 Å². The largest absolute Gasteiger partial charge is 0.357 e. The highest BCUT2D eigenvalue weighted by molar-refractivity contribution is 14.0. The Morgan fingerprint density at radius 2 is 1.72 bits per heavy atom. The van der Waals surface area contributed by atoms with E-state index in [2.05, 4.69) is 24.5 Å². The van der Waals surface area contributed by atoms with E-state index in [-0.39, 0.29) is 24.0 Å². The van der Waals surface area contributed by atoms with Gasteiger partial charge in [0, 0.05) is 19.6 Å². The van der Waals surface area contributed by atoms with Gasteiger partial charge in [-0.1, -0.05) is 6.92 Å². The van der Waals surface area contributed by atoms with Crippen LogP contribution >= 0.6 is 24.0 Å². The predicted molar refractivity (Wildman–Crippen MR) is 88.6 cm³/mol. The van der Waals surface area contributed by atoms with Gasteiger partial charge in [-0.25, -0.2) is 0 Å². The summed E-state index contributed by atoms with van der Waals surface area (Å²) in [4.78, 5) is 4.77. The molecule has 0 aromatic heterocycles. The highest BCUT2D eigenvalue weighted by atomic mass is 127. The Balaban J connectivity index is 0.00000162. The van der Waals surface area contributed by atoms with Crippen molar-refractivity contribution in [2.45, 2.75) is 46.0 Å². The Labute approximate surface area is 129 Å². The minimum atomic E-state index is 0. The summed E-state index contributed by atoms with van der Waals surface area (Å²) in [5.41, 5.74) is 0. The molecule has 106 valence electrons. The number of hydrogen-bond acceptors (Lipinski definition) is 1. The zero-order chi connectivity index (χ0) is 12.1. The number of guanidine groups is 1. The molecule has 0 unspecified atom stereocenters. The van der Waals surface area contributed by atoms with Crippen molar-refractivity contribution in [3.05, 3.63) is 0 Å². The molecule has 0 amide bonds. The molecule has 2 aliphatic carbocycles. The normalized spacial score (nSPS) is 19.6. The molecule has 0 atom stereocenters. The molecule has 3 nitrogen and oxygen atoms in total. The molecular formula is C14H28IN3. The summed E-state index contributed by atoms with van der Waals surface area (Å²) in [5.74, 6) is 3.90. The van der Waals surface area contributed by atoms with Gasteiger partial charge in [-0.05, 0) is 56.8 Å². The van der Waals surface area contributed by atoms with Crippen LogP contribution in [0.2, 0.25) is 0 Å². The third-order valence-electron chi connectivity index (χ3n) is 3.80. The maximum atomic E-state index is 4.77. The fraction of sp³-hybridized carbons (Fsp3) is 0.929. The maximum Gasteiger partial charge on any atom is 0.191 e. The van der Waals surface area contributed by atoms with E-state index < -0.39 is 0 Å². The summed E-state index contributed by atoms with van der Waals surface area (Å²) in [6.45, 7) is 7.32. The van der Waals surface area contributed by atoms with Gasteiger partial charge in [-0.2, -0.15) is 0 Å². The molecule has 2 fully saturated rings. The number of hydrogen-bond donors (Lipinski definition) is 2. The molecule has 0 spiro atoms. The summed E-state index contributed by atoms with van der Waals surface area (Å²) in [6, 6.07) is 0. The molecule has 2 saturated carbocycles. The molecule has 2 aliphatic rings. The first-order valence-electron chi connectivity index (χ1n) is 7.37. The summed E-state index contributed by atoms with van der Waals surface area (Å²) >= 11 is 0. The Bertz CT molecular complexity index is 248. The van der Waals surface area contributed by atoms with Crippen molar-refractivity contribution in [3.8, 4) is 0 Å². The summed E-state index contributed by atoms with van der Waals surface area (Å²) in [6.07, 6.45) is 6.97. The van der Waals surface area contributed by atoms with Crippen molar-refractivity contribution in [1.29, 1.82) is 0 Å². The molecule has 0 aliphatic heterocycles. The molecular weight excluding hydrogens is 337 g/mol. The average molecular weight is 365 g/mol. The molecule has 0 heterocycles. The predicted octanol–water partition coefficient (Wildman–Crippen LogP) is 3.01. The van der Waals surface area contributed by atoms with Crippen LogP contribution in [0.3, 0.4) is 0 Å². The van der Waals surface area contributed by atoms with Crippen LogP contribution in [0.15, 0.2) is 4.99 Å². The minimum absolute atomic E-state index is 0. The van der Waals surface area contributed by atoms with E-state index in [1.54, 1.807) is 0 Å². The van der Waals surface area contributed by atoms with E-state index in [1.165, 1.54) is 25.7 Å². The van der Waals surface area contributed by atoms with Crippen LogP contribution in [-0.4, -0.2) is 25.6 Å². The highest BCUT2D eigenvalue weighted by Crippen LogP contribution is 2.49. The summed E-state index contributed by atoms with van der Waals surface area (Å²) in [7, 11) is 0. The summed E-state index contributed by atoms with van der Waals surface area (Å²) in [5, 5.41) is 6.71. The van der Waals surface area contributed by atoms with Gasteiger partial charge in [-0.15, -0.1) is 24.0 Å². The van der Waals surface area contributed by atoms with Gasteiger partial charge in [0.2, 0.25) is 0 Å². The van der Waals surface area contributed by atoms with Crippen molar-refractivity contribution in [2.75, 3.05) is 19.6 Å². The van der Waals surface area contributed by atoms with E-state index in [0.717, 1.165) is 49.8 Å². The lowest BCUT2D eigenvalue weighted by molar-refractivity contribution is 0.417. The van der Waals surface area contributed by atoms with Gasteiger partial charge in [0.15, 0.2) is 5.96 Å². The van der Waals surface area contributed by atoms with Gasteiger partial charge in [0.25, 0.3) is 0 Å². The Kier molecular flexibility index (Phi) is 7.34. The lowest BCUT2D eigenvalue weighted by Gasteiger charge is -2.15. The molecule has 0 bridgehead atoms. The van der Waals surface area contributed by atoms with Gasteiger partial charge in [0.1, 0.15) is 0 Å². The van der Waals surface area contributed by atoms with E-state index in [0.29, 0.717) is 0 Å². The maximum absolute atomic E-state index is 4.77. The van der Waals surface area contributed by atoms with Crippen LogP contribution in [0.4, 0.5) is 0 Å². The topological polar surface area (TPSA) is 36.4 Å². The van der Waals surface area contributed by atoms with E-state index in [9.17, 15) is 0 Å². The van der Waals surface area contributed by atoms with E-state index >= 15 is 0 Å². The number of nitrogens with zero attached hydrogens (tertiary/aromatic N) is 1. The van der Waals surface area contributed by atoms with Crippen LogP contribution in [0, 0.1) is 17.8 Å². The first kappa shape index (κ1) is 16.1. The first-order chi connectivity index (χ1) is 8.35. The lowest BCUT2D eigenvalue weighted by atomic mass is 9.98. The number of nitrogens with one attached hydrogen (secondary N) is 2. The lowest BCUT2D eigenvalue weighted by Crippen LogP contribution is -2.38. The van der Waals surface area contributed by atoms with Crippen LogP contribution in [-0.2, 0) is 0 Å². The van der Waals surface area contributed by atoms with E-state index in [1.807, 2.05) is 0 Å². The molecule has 4 heteroatoms. The second-order valence-electron chi connectivity index (χ2n) is 5.49. The quantitative estimate of drug-likeness (QED) is 0.413.